The molecular weight excluding hydrogens is 378 g/mol. The summed E-state index contributed by atoms with van der Waals surface area (Å²) in [6.07, 6.45) is 1.63. The second-order valence-corrected chi connectivity index (χ2v) is 6.37. The summed E-state index contributed by atoms with van der Waals surface area (Å²) in [6, 6.07) is 7.38. The van der Waals surface area contributed by atoms with E-state index in [0.717, 1.165) is 12.1 Å². The molecule has 0 fully saturated rings. The molecule has 8 heteroatoms. The average Bonchev–Trinajstić information content (AvgIpc) is 2.94. The van der Waals surface area contributed by atoms with Crippen molar-refractivity contribution >= 4 is 17.2 Å². The van der Waals surface area contributed by atoms with Crippen molar-refractivity contribution in [1.82, 2.24) is 9.78 Å². The predicted molar refractivity (Wildman–Crippen MR) is 110 cm³/mol. The maximum Gasteiger partial charge on any atom is 0.137 e. The number of ether oxygens (including phenoxy) is 2. The average molecular weight is 400 g/mol. The van der Waals surface area contributed by atoms with Crippen LogP contribution in [-0.4, -0.2) is 23.5 Å². The number of anilines is 3. The van der Waals surface area contributed by atoms with Crippen molar-refractivity contribution in [2.24, 2.45) is 7.05 Å². The zero-order valence-electron chi connectivity index (χ0n) is 16.4. The summed E-state index contributed by atoms with van der Waals surface area (Å²) in [5, 5.41) is 7.44. The molecule has 152 valence electrons. The van der Waals surface area contributed by atoms with E-state index in [4.69, 9.17) is 15.2 Å². The first-order chi connectivity index (χ1) is 13.8. The fraction of sp³-hybridized carbons (Fsp3) is 0.190. The van der Waals surface area contributed by atoms with Gasteiger partial charge in [-0.3, -0.25) is 4.68 Å². The molecule has 0 aliphatic heterocycles. The van der Waals surface area contributed by atoms with Crippen LogP contribution in [-0.2, 0) is 7.05 Å². The lowest BCUT2D eigenvalue weighted by Gasteiger charge is -2.14. The smallest absolute Gasteiger partial charge is 0.137 e. The first kappa shape index (κ1) is 20.2. The standard InChI is InChI=1S/C21H22F2N4O2/c1-5-8-29-13-6-7-18(17(24)11-13)25-21-19(12(2)26-27(21)3)20-15(22)9-14(28-4)10-16(20)23/h5-7,9-11,25H,1,8,24H2,2-4H3. The molecule has 1 heterocycles. The van der Waals surface area contributed by atoms with E-state index in [1.807, 2.05) is 0 Å². The van der Waals surface area contributed by atoms with E-state index in [1.165, 1.54) is 11.8 Å². The van der Waals surface area contributed by atoms with Crippen LogP contribution in [0.15, 0.2) is 43.0 Å². The number of methoxy groups -OCH3 is 1. The third-order valence-corrected chi connectivity index (χ3v) is 4.37. The molecule has 0 spiro atoms. The first-order valence-corrected chi connectivity index (χ1v) is 8.83. The van der Waals surface area contributed by atoms with E-state index >= 15 is 0 Å². The number of hydrogen-bond acceptors (Lipinski definition) is 5. The van der Waals surface area contributed by atoms with Crippen LogP contribution in [0.3, 0.4) is 0 Å². The highest BCUT2D eigenvalue weighted by Gasteiger charge is 2.23. The van der Waals surface area contributed by atoms with Crippen LogP contribution in [0.4, 0.5) is 26.0 Å². The Balaban J connectivity index is 2.04. The van der Waals surface area contributed by atoms with Crippen LogP contribution in [0, 0.1) is 18.6 Å². The lowest BCUT2D eigenvalue weighted by Crippen LogP contribution is -2.04. The van der Waals surface area contributed by atoms with Gasteiger partial charge in [-0.05, 0) is 19.1 Å². The van der Waals surface area contributed by atoms with Gasteiger partial charge in [0.25, 0.3) is 0 Å². The van der Waals surface area contributed by atoms with Crippen molar-refractivity contribution < 1.29 is 18.3 Å². The lowest BCUT2D eigenvalue weighted by molar-refractivity contribution is 0.363. The number of rotatable bonds is 7. The zero-order chi connectivity index (χ0) is 21.1. The molecule has 3 N–H and O–H groups in total. The van der Waals surface area contributed by atoms with E-state index in [1.54, 1.807) is 38.2 Å². The molecule has 0 radical (unpaired) electrons. The molecule has 0 unspecified atom stereocenters. The predicted octanol–water partition coefficient (Wildman–Crippen LogP) is 4.57. The number of nitrogens with two attached hydrogens (primary N) is 1. The Labute approximate surface area is 167 Å². The number of nitrogens with one attached hydrogen (secondary N) is 1. The SMILES string of the molecule is C=CCOc1ccc(Nc2c(-c3c(F)cc(OC)cc3F)c(C)nn2C)c(N)c1. The summed E-state index contributed by atoms with van der Waals surface area (Å²) < 4.78 is 41.3. The van der Waals surface area contributed by atoms with Gasteiger partial charge in [-0.2, -0.15) is 5.10 Å². The zero-order valence-corrected chi connectivity index (χ0v) is 16.4. The third-order valence-electron chi connectivity index (χ3n) is 4.37. The Morgan fingerprint density at radius 2 is 1.86 bits per heavy atom. The number of benzene rings is 2. The van der Waals surface area contributed by atoms with Gasteiger partial charge in [-0.25, -0.2) is 8.78 Å². The van der Waals surface area contributed by atoms with E-state index < -0.39 is 11.6 Å². The Hall–Kier alpha value is -3.55. The highest BCUT2D eigenvalue weighted by atomic mass is 19.1. The van der Waals surface area contributed by atoms with Crippen molar-refractivity contribution in [3.63, 3.8) is 0 Å². The number of nitrogens with zero attached hydrogens (tertiary/aromatic N) is 2. The van der Waals surface area contributed by atoms with Crippen LogP contribution >= 0.6 is 0 Å². The molecule has 0 atom stereocenters. The molecule has 6 nitrogen and oxygen atoms in total. The highest BCUT2D eigenvalue weighted by molar-refractivity contribution is 5.84. The van der Waals surface area contributed by atoms with Crippen molar-refractivity contribution in [3.8, 4) is 22.6 Å². The van der Waals surface area contributed by atoms with Gasteiger partial charge in [0.2, 0.25) is 0 Å². The quantitative estimate of drug-likeness (QED) is 0.449. The molecule has 0 bridgehead atoms. The molecule has 2 aromatic carbocycles. The van der Waals surface area contributed by atoms with Gasteiger partial charge >= 0.3 is 0 Å². The minimum Gasteiger partial charge on any atom is -0.497 e. The van der Waals surface area contributed by atoms with Crippen LogP contribution < -0.4 is 20.5 Å². The second-order valence-electron chi connectivity index (χ2n) is 6.37. The van der Waals surface area contributed by atoms with Gasteiger partial charge in [-0.1, -0.05) is 12.7 Å². The summed E-state index contributed by atoms with van der Waals surface area (Å²) >= 11 is 0. The van der Waals surface area contributed by atoms with Crippen molar-refractivity contribution in [3.05, 3.63) is 60.3 Å². The van der Waals surface area contributed by atoms with E-state index in [9.17, 15) is 8.78 Å². The van der Waals surface area contributed by atoms with E-state index in [0.29, 0.717) is 40.8 Å². The number of aromatic nitrogens is 2. The number of hydrogen-bond donors (Lipinski definition) is 2. The molecule has 3 aromatic rings. The molecule has 3 rings (SSSR count). The summed E-state index contributed by atoms with van der Waals surface area (Å²) in [4.78, 5) is 0. The molecule has 1 aromatic heterocycles. The minimum absolute atomic E-state index is 0.0964. The van der Waals surface area contributed by atoms with Gasteiger partial charge in [0.1, 0.15) is 35.6 Å². The summed E-state index contributed by atoms with van der Waals surface area (Å²) in [6.45, 7) is 5.63. The second kappa shape index (κ2) is 8.22. The van der Waals surface area contributed by atoms with E-state index in [-0.39, 0.29) is 11.3 Å². The van der Waals surface area contributed by atoms with Crippen LogP contribution in [0.1, 0.15) is 5.69 Å². The Kier molecular flexibility index (Phi) is 5.72. The van der Waals surface area contributed by atoms with Crippen LogP contribution in [0.5, 0.6) is 11.5 Å². The fourth-order valence-corrected chi connectivity index (χ4v) is 3.03. The first-order valence-electron chi connectivity index (χ1n) is 8.83. The molecular formula is C21H22F2N4O2. The molecule has 0 saturated carbocycles. The molecule has 0 aliphatic rings. The topological polar surface area (TPSA) is 74.3 Å². The molecule has 0 amide bonds. The minimum atomic E-state index is -0.748. The van der Waals surface area contributed by atoms with Gasteiger partial charge in [-0.15, -0.1) is 0 Å². The van der Waals surface area contributed by atoms with Gasteiger partial charge < -0.3 is 20.5 Å². The largest absolute Gasteiger partial charge is 0.497 e. The maximum atomic E-state index is 14.7. The lowest BCUT2D eigenvalue weighted by atomic mass is 10.0. The van der Waals surface area contributed by atoms with Crippen LogP contribution in [0.25, 0.3) is 11.1 Å². The summed E-state index contributed by atoms with van der Waals surface area (Å²) in [7, 11) is 3.03. The Morgan fingerprint density at radius 3 is 2.45 bits per heavy atom. The Morgan fingerprint density at radius 1 is 1.17 bits per heavy atom. The summed E-state index contributed by atoms with van der Waals surface area (Å²) in [5.41, 5.74) is 7.65. The van der Waals surface area contributed by atoms with Crippen molar-refractivity contribution in [2.75, 3.05) is 24.8 Å². The molecule has 0 saturated heterocycles. The monoisotopic (exact) mass is 400 g/mol. The molecule has 29 heavy (non-hydrogen) atoms. The van der Waals surface area contributed by atoms with Gasteiger partial charge in [0.15, 0.2) is 0 Å². The van der Waals surface area contributed by atoms with Crippen molar-refractivity contribution in [2.45, 2.75) is 6.92 Å². The fourth-order valence-electron chi connectivity index (χ4n) is 3.03. The van der Waals surface area contributed by atoms with Gasteiger partial charge in [0, 0.05) is 25.2 Å². The van der Waals surface area contributed by atoms with Gasteiger partial charge in [0.05, 0.1) is 35.3 Å². The Bertz CT molecular complexity index is 1040. The van der Waals surface area contributed by atoms with Crippen LogP contribution in [0.2, 0.25) is 0 Å². The highest BCUT2D eigenvalue weighted by Crippen LogP contribution is 2.39. The number of nitrogen functional groups attached to an aromatic ring is 1. The normalized spacial score (nSPS) is 10.7. The number of halogens is 2. The van der Waals surface area contributed by atoms with Crippen molar-refractivity contribution in [1.29, 1.82) is 0 Å². The third kappa shape index (κ3) is 4.01. The van der Waals surface area contributed by atoms with E-state index in [2.05, 4.69) is 17.0 Å². The molecule has 0 aliphatic carbocycles. The number of aryl methyl sites for hydroxylation is 2. The maximum absolute atomic E-state index is 14.7. The summed E-state index contributed by atoms with van der Waals surface area (Å²) in [5.74, 6) is -0.415.